The summed E-state index contributed by atoms with van der Waals surface area (Å²) in [4.78, 5) is 4.66. The Hall–Kier alpha value is -1.60. The number of nitrogens with one attached hydrogen (secondary N) is 1. The van der Waals surface area contributed by atoms with E-state index >= 15 is 0 Å². The van der Waals surface area contributed by atoms with Gasteiger partial charge >= 0.3 is 0 Å². The van der Waals surface area contributed by atoms with Crippen molar-refractivity contribution in [2.24, 2.45) is 0 Å². The molecule has 1 aromatic heterocycles. The number of nitrogens with zero attached hydrogens (tertiary/aromatic N) is 2. The molecule has 0 saturated heterocycles. The van der Waals surface area contributed by atoms with Gasteiger partial charge in [0.15, 0.2) is 5.13 Å². The molecule has 0 radical (unpaired) electrons. The maximum Gasteiger partial charge on any atom is 0.232 e. The zero-order valence-electron chi connectivity index (χ0n) is 14.0. The summed E-state index contributed by atoms with van der Waals surface area (Å²) in [6, 6.07) is 8.08. The fraction of sp³-hybridized carbons (Fsp3) is 0.471. The van der Waals surface area contributed by atoms with E-state index in [4.69, 9.17) is 0 Å². The molecular weight excluding hydrogens is 342 g/mol. The molecule has 0 unspecified atom stereocenters. The van der Waals surface area contributed by atoms with Crippen molar-refractivity contribution in [2.45, 2.75) is 38.6 Å². The van der Waals surface area contributed by atoms with E-state index in [1.54, 1.807) is 11.3 Å². The number of thiazole rings is 1. The minimum Gasteiger partial charge on any atom is -0.359 e. The lowest BCUT2D eigenvalue weighted by molar-refractivity contribution is 0.598. The van der Waals surface area contributed by atoms with E-state index in [-0.39, 0.29) is 0 Å². The number of hydrogen-bond donors (Lipinski definition) is 1. The fourth-order valence-corrected chi connectivity index (χ4v) is 4.90. The maximum absolute atomic E-state index is 11.8. The van der Waals surface area contributed by atoms with Crippen LogP contribution in [0, 0.1) is 0 Å². The summed E-state index contributed by atoms with van der Waals surface area (Å²) in [5.74, 6) is 0. The fourth-order valence-electron chi connectivity index (χ4n) is 3.12. The van der Waals surface area contributed by atoms with Crippen molar-refractivity contribution >= 4 is 32.2 Å². The Morgan fingerprint density at radius 3 is 2.50 bits per heavy atom. The van der Waals surface area contributed by atoms with Gasteiger partial charge in [-0.2, -0.15) is 0 Å². The highest BCUT2D eigenvalue weighted by atomic mass is 32.2. The first-order chi connectivity index (χ1) is 11.5. The second kappa shape index (κ2) is 7.11. The van der Waals surface area contributed by atoms with Gasteiger partial charge in [-0.15, -0.1) is 11.3 Å². The van der Waals surface area contributed by atoms with E-state index in [0.29, 0.717) is 18.3 Å². The van der Waals surface area contributed by atoms with Crippen molar-refractivity contribution in [1.29, 1.82) is 0 Å². The highest BCUT2D eigenvalue weighted by Gasteiger charge is 2.17. The Balaban J connectivity index is 1.75. The molecule has 3 rings (SSSR count). The maximum atomic E-state index is 11.8. The zero-order valence-corrected chi connectivity index (χ0v) is 15.7. The van der Waals surface area contributed by atoms with Crippen LogP contribution in [0.3, 0.4) is 0 Å². The van der Waals surface area contributed by atoms with Gasteiger partial charge in [-0.05, 0) is 31.9 Å². The van der Waals surface area contributed by atoms with Gasteiger partial charge in [-0.25, -0.2) is 13.4 Å². The molecule has 24 heavy (non-hydrogen) atoms. The van der Waals surface area contributed by atoms with E-state index in [0.717, 1.165) is 16.4 Å². The summed E-state index contributed by atoms with van der Waals surface area (Å²) in [7, 11) is -3.25. The normalized spacial score (nSPS) is 15.6. The Kier molecular flexibility index (Phi) is 5.10. The number of benzene rings is 1. The molecule has 0 atom stereocenters. The Labute approximate surface area is 147 Å². The van der Waals surface area contributed by atoms with Crippen molar-refractivity contribution in [3.8, 4) is 11.3 Å². The minimum absolute atomic E-state index is 0.421. The monoisotopic (exact) mass is 365 g/mol. The van der Waals surface area contributed by atoms with Crippen LogP contribution in [-0.4, -0.2) is 32.2 Å². The summed E-state index contributed by atoms with van der Waals surface area (Å²) < 4.78 is 25.0. The minimum atomic E-state index is -3.25. The number of hydrogen-bond acceptors (Lipinski definition) is 5. The molecule has 0 bridgehead atoms. The van der Waals surface area contributed by atoms with Gasteiger partial charge in [0.25, 0.3) is 0 Å². The molecule has 0 aliphatic heterocycles. The molecule has 2 aromatic rings. The van der Waals surface area contributed by atoms with Gasteiger partial charge in [0.2, 0.25) is 10.0 Å². The highest BCUT2D eigenvalue weighted by Crippen LogP contribution is 2.29. The van der Waals surface area contributed by atoms with Crippen molar-refractivity contribution in [3.63, 3.8) is 0 Å². The van der Waals surface area contributed by atoms with Crippen LogP contribution >= 0.6 is 11.3 Å². The van der Waals surface area contributed by atoms with Crippen molar-refractivity contribution in [1.82, 2.24) is 4.98 Å². The van der Waals surface area contributed by atoms with Crippen LogP contribution in [0.25, 0.3) is 11.3 Å². The van der Waals surface area contributed by atoms with Crippen LogP contribution < -0.4 is 9.62 Å². The van der Waals surface area contributed by atoms with E-state index in [1.165, 1.54) is 36.2 Å². The third kappa shape index (κ3) is 3.89. The average Bonchev–Trinajstić information content (AvgIpc) is 3.20. The van der Waals surface area contributed by atoms with Gasteiger partial charge < -0.3 is 5.32 Å². The molecule has 1 saturated carbocycles. The number of sulfonamides is 1. The number of aromatic nitrogens is 1. The second-order valence-electron chi connectivity index (χ2n) is 6.14. The van der Waals surface area contributed by atoms with Crippen LogP contribution in [0.4, 0.5) is 10.8 Å². The summed E-state index contributed by atoms with van der Waals surface area (Å²) in [5, 5.41) is 6.52. The molecule has 130 valence electrons. The second-order valence-corrected chi connectivity index (χ2v) is 8.90. The van der Waals surface area contributed by atoms with Gasteiger partial charge in [-0.1, -0.05) is 25.0 Å². The first-order valence-electron chi connectivity index (χ1n) is 8.27. The Morgan fingerprint density at radius 2 is 1.92 bits per heavy atom. The molecule has 1 N–H and O–H groups in total. The van der Waals surface area contributed by atoms with Gasteiger partial charge in [0, 0.05) is 23.5 Å². The third-order valence-corrected chi connectivity index (χ3v) is 6.37. The molecule has 5 nitrogen and oxygen atoms in total. The summed E-state index contributed by atoms with van der Waals surface area (Å²) in [6.45, 7) is 2.25. The smallest absolute Gasteiger partial charge is 0.232 e. The van der Waals surface area contributed by atoms with E-state index < -0.39 is 10.0 Å². The lowest BCUT2D eigenvalue weighted by atomic mass is 10.1. The van der Waals surface area contributed by atoms with Crippen LogP contribution in [-0.2, 0) is 10.0 Å². The SMILES string of the molecule is CCN(c1ccc(-c2csc(NC3CCCC3)n2)cc1)S(C)(=O)=O. The predicted molar refractivity (Wildman–Crippen MR) is 101 cm³/mol. The molecular formula is C17H23N3O2S2. The van der Waals surface area contributed by atoms with E-state index in [1.807, 2.05) is 36.6 Å². The lowest BCUT2D eigenvalue weighted by Gasteiger charge is -2.20. The van der Waals surface area contributed by atoms with Crippen LogP contribution in [0.5, 0.6) is 0 Å². The van der Waals surface area contributed by atoms with Gasteiger partial charge in [-0.3, -0.25) is 4.31 Å². The van der Waals surface area contributed by atoms with Crippen LogP contribution in [0.2, 0.25) is 0 Å². The summed E-state index contributed by atoms with van der Waals surface area (Å²) >= 11 is 1.62. The summed E-state index contributed by atoms with van der Waals surface area (Å²) in [5.41, 5.74) is 2.61. The van der Waals surface area contributed by atoms with E-state index in [2.05, 4.69) is 10.3 Å². The standard InChI is InChI=1S/C17H23N3O2S2/c1-3-20(24(2,21)22)15-10-8-13(9-11-15)16-12-23-17(19-16)18-14-6-4-5-7-14/h8-12,14H,3-7H2,1-2H3,(H,18,19). The average molecular weight is 366 g/mol. The topological polar surface area (TPSA) is 62.3 Å². The molecule has 1 aliphatic rings. The van der Waals surface area contributed by atoms with Crippen molar-refractivity contribution in [3.05, 3.63) is 29.6 Å². The Bertz CT molecular complexity index is 778. The molecule has 0 amide bonds. The van der Waals surface area contributed by atoms with Gasteiger partial charge in [0.05, 0.1) is 17.6 Å². The quantitative estimate of drug-likeness (QED) is 0.842. The molecule has 1 fully saturated rings. The van der Waals surface area contributed by atoms with E-state index in [9.17, 15) is 8.42 Å². The van der Waals surface area contributed by atoms with Crippen molar-refractivity contribution in [2.75, 3.05) is 22.4 Å². The first-order valence-corrected chi connectivity index (χ1v) is 11.0. The van der Waals surface area contributed by atoms with Crippen LogP contribution in [0.15, 0.2) is 29.6 Å². The predicted octanol–water partition coefficient (Wildman–Crippen LogP) is 3.95. The molecule has 0 spiro atoms. The molecule has 1 aromatic carbocycles. The third-order valence-electron chi connectivity index (χ3n) is 4.33. The van der Waals surface area contributed by atoms with Gasteiger partial charge in [0.1, 0.15) is 0 Å². The lowest BCUT2D eigenvalue weighted by Crippen LogP contribution is -2.29. The Morgan fingerprint density at radius 1 is 1.25 bits per heavy atom. The first kappa shape index (κ1) is 17.2. The van der Waals surface area contributed by atoms with Crippen LogP contribution in [0.1, 0.15) is 32.6 Å². The summed E-state index contributed by atoms with van der Waals surface area (Å²) in [6.07, 6.45) is 6.27. The zero-order chi connectivity index (χ0) is 17.2. The molecule has 7 heteroatoms. The largest absolute Gasteiger partial charge is 0.359 e. The number of anilines is 2. The highest BCUT2D eigenvalue weighted by molar-refractivity contribution is 7.92. The molecule has 1 aliphatic carbocycles. The van der Waals surface area contributed by atoms with Crippen molar-refractivity contribution < 1.29 is 8.42 Å². The molecule has 1 heterocycles. The number of rotatable bonds is 6.